The van der Waals surface area contributed by atoms with Crippen LogP contribution in [0.4, 0.5) is 0 Å². The highest BCUT2D eigenvalue weighted by Crippen LogP contribution is 2.15. The van der Waals surface area contributed by atoms with Crippen LogP contribution in [0.1, 0.15) is 56.5 Å². The van der Waals surface area contributed by atoms with Crippen LogP contribution in [-0.4, -0.2) is 67.0 Å². The largest absolute Gasteiger partial charge is 0.492 e. The maximum Gasteiger partial charge on any atom is 0.251 e. The fourth-order valence-electron chi connectivity index (χ4n) is 3.91. The molecule has 6 heteroatoms. The Morgan fingerprint density at radius 3 is 2.03 bits per heavy atom. The van der Waals surface area contributed by atoms with Gasteiger partial charge < -0.3 is 19.9 Å². The Bertz CT molecular complexity index is 845. The molecule has 0 spiro atoms. The van der Waals surface area contributed by atoms with Crippen LogP contribution >= 0.6 is 0 Å². The summed E-state index contributed by atoms with van der Waals surface area (Å²) >= 11 is 0. The Hall–Kier alpha value is -2.86. The van der Waals surface area contributed by atoms with Crippen molar-refractivity contribution in [3.05, 3.63) is 65.7 Å². The molecular formula is C28H41N3O3. The summed E-state index contributed by atoms with van der Waals surface area (Å²) in [5.41, 5.74) is 1.53. The molecule has 0 radical (unpaired) electrons. The Kier molecular flexibility index (Phi) is 12.2. The summed E-state index contributed by atoms with van der Waals surface area (Å²) in [6.07, 6.45) is 2.19. The highest BCUT2D eigenvalue weighted by Gasteiger charge is 2.26. The molecule has 0 aromatic heterocycles. The number of nitrogens with zero attached hydrogens (tertiary/aromatic N) is 2. The number of amides is 2. The summed E-state index contributed by atoms with van der Waals surface area (Å²) in [5.74, 6) is 0.543. The third-order valence-corrected chi connectivity index (χ3v) is 5.87. The monoisotopic (exact) mass is 467 g/mol. The average Bonchev–Trinajstić information content (AvgIpc) is 2.87. The molecule has 2 aromatic carbocycles. The minimum Gasteiger partial charge on any atom is -0.492 e. The average molecular weight is 468 g/mol. The molecule has 0 saturated heterocycles. The lowest BCUT2D eigenvalue weighted by Crippen LogP contribution is -2.50. The summed E-state index contributed by atoms with van der Waals surface area (Å²) < 4.78 is 5.89. The third-order valence-electron chi connectivity index (χ3n) is 5.87. The van der Waals surface area contributed by atoms with Crippen molar-refractivity contribution in [3.63, 3.8) is 0 Å². The zero-order valence-electron chi connectivity index (χ0n) is 21.3. The van der Waals surface area contributed by atoms with Gasteiger partial charge in [0.1, 0.15) is 18.4 Å². The van der Waals surface area contributed by atoms with Gasteiger partial charge in [0.05, 0.1) is 0 Å². The number of nitrogens with one attached hydrogen (secondary N) is 1. The first kappa shape index (κ1) is 27.4. The van der Waals surface area contributed by atoms with Crippen LogP contribution < -0.4 is 10.1 Å². The SMILES string of the molecule is CCCN(CCC)C(=O)C(Cc1ccc(OCCN(CC)CC)cc1)NC(=O)c1ccccc1. The van der Waals surface area contributed by atoms with Crippen LogP contribution in [0.3, 0.4) is 0 Å². The fraction of sp³-hybridized carbons (Fsp3) is 0.500. The zero-order valence-corrected chi connectivity index (χ0v) is 21.3. The summed E-state index contributed by atoms with van der Waals surface area (Å²) in [6, 6.07) is 16.2. The quantitative estimate of drug-likeness (QED) is 0.422. The van der Waals surface area contributed by atoms with Crippen molar-refractivity contribution in [3.8, 4) is 5.75 Å². The Labute approximate surface area is 205 Å². The zero-order chi connectivity index (χ0) is 24.8. The molecule has 0 aliphatic heterocycles. The number of likely N-dealkylation sites (N-methyl/N-ethyl adjacent to an activating group) is 1. The smallest absolute Gasteiger partial charge is 0.251 e. The molecule has 1 N–H and O–H groups in total. The molecule has 34 heavy (non-hydrogen) atoms. The van der Waals surface area contributed by atoms with Gasteiger partial charge in [-0.2, -0.15) is 0 Å². The van der Waals surface area contributed by atoms with Gasteiger partial charge in [-0.3, -0.25) is 9.59 Å². The minimum atomic E-state index is -0.625. The van der Waals surface area contributed by atoms with E-state index in [-0.39, 0.29) is 11.8 Å². The molecule has 0 fully saturated rings. The van der Waals surface area contributed by atoms with Gasteiger partial charge in [-0.25, -0.2) is 0 Å². The number of benzene rings is 2. The molecule has 0 saturated carbocycles. The van der Waals surface area contributed by atoms with E-state index in [0.29, 0.717) is 31.7 Å². The van der Waals surface area contributed by atoms with Crippen LogP contribution in [-0.2, 0) is 11.2 Å². The number of hydrogen-bond donors (Lipinski definition) is 1. The van der Waals surface area contributed by atoms with Crippen molar-refractivity contribution in [2.24, 2.45) is 0 Å². The van der Waals surface area contributed by atoms with Gasteiger partial charge in [-0.1, -0.05) is 58.0 Å². The number of hydrogen-bond acceptors (Lipinski definition) is 4. The summed E-state index contributed by atoms with van der Waals surface area (Å²) in [7, 11) is 0. The maximum atomic E-state index is 13.4. The first-order valence-corrected chi connectivity index (χ1v) is 12.6. The number of carbonyl (C=O) groups is 2. The van der Waals surface area contributed by atoms with Gasteiger partial charge in [0.25, 0.3) is 5.91 Å². The molecule has 186 valence electrons. The first-order chi connectivity index (χ1) is 16.5. The normalized spacial score (nSPS) is 11.8. The summed E-state index contributed by atoms with van der Waals surface area (Å²) in [6.45, 7) is 13.3. The van der Waals surface area contributed by atoms with Crippen molar-refractivity contribution >= 4 is 11.8 Å². The van der Waals surface area contributed by atoms with Crippen LogP contribution in [0.15, 0.2) is 54.6 Å². The molecule has 1 unspecified atom stereocenters. The number of ether oxygens (including phenoxy) is 1. The van der Waals surface area contributed by atoms with Crippen LogP contribution in [0.25, 0.3) is 0 Å². The van der Waals surface area contributed by atoms with E-state index in [0.717, 1.165) is 43.8 Å². The molecule has 1 atom stereocenters. The molecule has 2 aromatic rings. The molecule has 6 nitrogen and oxygen atoms in total. The second-order valence-corrected chi connectivity index (χ2v) is 8.44. The van der Waals surface area contributed by atoms with E-state index in [4.69, 9.17) is 4.74 Å². The predicted octanol–water partition coefficient (Wildman–Crippen LogP) is 4.40. The van der Waals surface area contributed by atoms with Crippen molar-refractivity contribution < 1.29 is 14.3 Å². The lowest BCUT2D eigenvalue weighted by Gasteiger charge is -2.27. The highest BCUT2D eigenvalue weighted by atomic mass is 16.5. The molecule has 0 heterocycles. The third kappa shape index (κ3) is 8.82. The predicted molar refractivity (Wildman–Crippen MR) is 138 cm³/mol. The molecule has 0 aliphatic rings. The second-order valence-electron chi connectivity index (χ2n) is 8.44. The van der Waals surface area contributed by atoms with Crippen LogP contribution in [0.5, 0.6) is 5.75 Å². The second kappa shape index (κ2) is 15.1. The molecule has 2 rings (SSSR count). The van der Waals surface area contributed by atoms with E-state index in [2.05, 4.69) is 37.9 Å². The first-order valence-electron chi connectivity index (χ1n) is 12.6. The number of rotatable bonds is 15. The van der Waals surface area contributed by atoms with Gasteiger partial charge in [0.2, 0.25) is 5.91 Å². The Morgan fingerprint density at radius 1 is 0.853 bits per heavy atom. The van der Waals surface area contributed by atoms with Crippen molar-refractivity contribution in [2.45, 2.75) is 53.0 Å². The van der Waals surface area contributed by atoms with E-state index in [9.17, 15) is 9.59 Å². The van der Waals surface area contributed by atoms with Gasteiger partial charge in [-0.05, 0) is 55.8 Å². The standard InChI is InChI=1S/C28H41N3O3/c1-5-18-31(19-6-2)28(33)26(29-27(32)24-12-10-9-11-13-24)22-23-14-16-25(17-15-23)34-21-20-30(7-3)8-4/h9-17,26H,5-8,18-22H2,1-4H3,(H,29,32). The van der Waals surface area contributed by atoms with Crippen molar-refractivity contribution in [1.29, 1.82) is 0 Å². The molecule has 2 amide bonds. The van der Waals surface area contributed by atoms with Crippen LogP contribution in [0.2, 0.25) is 0 Å². The van der Waals surface area contributed by atoms with Crippen molar-refractivity contribution in [1.82, 2.24) is 15.1 Å². The van der Waals surface area contributed by atoms with Gasteiger partial charge in [0.15, 0.2) is 0 Å². The summed E-state index contributed by atoms with van der Waals surface area (Å²) in [4.78, 5) is 30.4. The van der Waals surface area contributed by atoms with E-state index in [1.165, 1.54) is 0 Å². The highest BCUT2D eigenvalue weighted by molar-refractivity contribution is 5.97. The Morgan fingerprint density at radius 2 is 1.47 bits per heavy atom. The topological polar surface area (TPSA) is 61.9 Å². The van der Waals surface area contributed by atoms with Gasteiger partial charge in [-0.15, -0.1) is 0 Å². The number of carbonyl (C=O) groups excluding carboxylic acids is 2. The van der Waals surface area contributed by atoms with Gasteiger partial charge >= 0.3 is 0 Å². The fourth-order valence-corrected chi connectivity index (χ4v) is 3.91. The summed E-state index contributed by atoms with van der Waals surface area (Å²) in [5, 5.41) is 2.99. The van der Waals surface area contributed by atoms with E-state index in [1.54, 1.807) is 12.1 Å². The van der Waals surface area contributed by atoms with E-state index in [1.807, 2.05) is 47.4 Å². The maximum absolute atomic E-state index is 13.4. The van der Waals surface area contributed by atoms with Crippen molar-refractivity contribution in [2.75, 3.05) is 39.3 Å². The molecule has 0 bridgehead atoms. The van der Waals surface area contributed by atoms with E-state index < -0.39 is 6.04 Å². The van der Waals surface area contributed by atoms with E-state index >= 15 is 0 Å². The van der Waals surface area contributed by atoms with Crippen LogP contribution in [0, 0.1) is 0 Å². The minimum absolute atomic E-state index is 0.0347. The molecular weight excluding hydrogens is 426 g/mol. The molecule has 0 aliphatic carbocycles. The Balaban J connectivity index is 2.10. The van der Waals surface area contributed by atoms with Gasteiger partial charge in [0, 0.05) is 31.6 Å². The lowest BCUT2D eigenvalue weighted by atomic mass is 10.0. The lowest BCUT2D eigenvalue weighted by molar-refractivity contribution is -0.133.